The second-order valence-electron chi connectivity index (χ2n) is 8.64. The second-order valence-corrected chi connectivity index (χ2v) is 9.49. The molecule has 6 rings (SSSR count). The number of amides is 1. The highest BCUT2D eigenvalue weighted by atomic mass is 32.1. The van der Waals surface area contributed by atoms with Crippen LogP contribution in [-0.2, 0) is 9.53 Å². The Hall–Kier alpha value is -4.82. The van der Waals surface area contributed by atoms with Gasteiger partial charge in [-0.25, -0.2) is 14.8 Å². The molecule has 0 saturated heterocycles. The first kappa shape index (κ1) is 23.6. The van der Waals surface area contributed by atoms with Gasteiger partial charge in [0.25, 0.3) is 5.91 Å². The number of hydrogen-bond donors (Lipinski definition) is 1. The van der Waals surface area contributed by atoms with E-state index in [1.807, 2.05) is 84.2 Å². The first-order valence-corrected chi connectivity index (χ1v) is 12.9. The van der Waals surface area contributed by atoms with Crippen molar-refractivity contribution >= 4 is 50.2 Å². The molecule has 186 valence electrons. The van der Waals surface area contributed by atoms with Crippen LogP contribution in [0, 0.1) is 0 Å². The fraction of sp³-hybridized carbons (Fsp3) is 0.0667. The highest BCUT2D eigenvalue weighted by Gasteiger charge is 2.23. The minimum absolute atomic E-state index is 0.320. The van der Waals surface area contributed by atoms with Gasteiger partial charge in [0.15, 0.2) is 16.8 Å². The van der Waals surface area contributed by atoms with Crippen LogP contribution >= 0.6 is 11.3 Å². The highest BCUT2D eigenvalue weighted by molar-refractivity contribution is 7.14. The Bertz CT molecular complexity index is 1750. The van der Waals surface area contributed by atoms with Crippen LogP contribution in [0.2, 0.25) is 0 Å². The molecule has 4 aromatic carbocycles. The van der Waals surface area contributed by atoms with Crippen LogP contribution in [0.5, 0.6) is 0 Å². The predicted octanol–water partition coefficient (Wildman–Crippen LogP) is 6.96. The number of aromatic nitrogens is 2. The summed E-state index contributed by atoms with van der Waals surface area (Å²) in [7, 11) is 0. The summed E-state index contributed by atoms with van der Waals surface area (Å²) in [5.41, 5.74) is 4.08. The Morgan fingerprint density at radius 2 is 1.66 bits per heavy atom. The zero-order valence-electron chi connectivity index (χ0n) is 20.3. The monoisotopic (exact) mass is 519 g/mol. The molecule has 0 fully saturated rings. The topological polar surface area (TPSA) is 94.3 Å². The summed E-state index contributed by atoms with van der Waals surface area (Å²) >= 11 is 1.31. The summed E-state index contributed by atoms with van der Waals surface area (Å²) in [6.07, 6.45) is -1.04. The third-order valence-electron chi connectivity index (χ3n) is 6.11. The van der Waals surface area contributed by atoms with E-state index in [0.29, 0.717) is 33.1 Å². The Kier molecular flexibility index (Phi) is 6.15. The van der Waals surface area contributed by atoms with E-state index in [1.165, 1.54) is 18.3 Å². The lowest BCUT2D eigenvalue weighted by Crippen LogP contribution is -2.30. The van der Waals surface area contributed by atoms with E-state index in [-0.39, 0.29) is 0 Å². The summed E-state index contributed by atoms with van der Waals surface area (Å²) in [5, 5.41) is 6.51. The van der Waals surface area contributed by atoms with Crippen molar-refractivity contribution in [3.63, 3.8) is 0 Å². The van der Waals surface area contributed by atoms with Crippen molar-refractivity contribution in [2.45, 2.75) is 13.0 Å². The van der Waals surface area contributed by atoms with Crippen LogP contribution in [0.25, 0.3) is 44.6 Å². The molecule has 0 bridgehead atoms. The minimum atomic E-state index is -1.04. The van der Waals surface area contributed by atoms with Crippen molar-refractivity contribution in [3.05, 3.63) is 102 Å². The lowest BCUT2D eigenvalue weighted by atomic mass is 9.99. The number of rotatable bonds is 6. The SMILES string of the molecule is CC(OC(=O)c1cccc2cccc(-c3nc4ccccc4o3)c12)C(=O)Nc1nc(-c2ccccc2)cs1. The van der Waals surface area contributed by atoms with E-state index in [2.05, 4.69) is 15.3 Å². The van der Waals surface area contributed by atoms with Crippen molar-refractivity contribution in [2.75, 3.05) is 5.32 Å². The van der Waals surface area contributed by atoms with Crippen molar-refractivity contribution in [1.82, 2.24) is 9.97 Å². The number of ether oxygens (including phenoxy) is 1. The van der Waals surface area contributed by atoms with Gasteiger partial charge in [0.1, 0.15) is 5.52 Å². The molecule has 0 saturated carbocycles. The van der Waals surface area contributed by atoms with Gasteiger partial charge in [0.05, 0.1) is 11.3 Å². The molecule has 8 heteroatoms. The van der Waals surface area contributed by atoms with Crippen LogP contribution in [0.15, 0.2) is 101 Å². The number of hydrogen-bond acceptors (Lipinski definition) is 7. The number of nitrogens with one attached hydrogen (secondary N) is 1. The summed E-state index contributed by atoms with van der Waals surface area (Å²) in [5.74, 6) is -0.682. The van der Waals surface area contributed by atoms with E-state index in [4.69, 9.17) is 9.15 Å². The molecule has 1 amide bonds. The molecule has 2 heterocycles. The maximum Gasteiger partial charge on any atom is 0.339 e. The number of anilines is 1. The average Bonchev–Trinajstić information content (AvgIpc) is 3.60. The molecule has 0 radical (unpaired) electrons. The zero-order valence-corrected chi connectivity index (χ0v) is 21.1. The van der Waals surface area contributed by atoms with Crippen molar-refractivity contribution < 1.29 is 18.7 Å². The van der Waals surface area contributed by atoms with Crippen molar-refractivity contribution in [3.8, 4) is 22.7 Å². The number of thiazole rings is 1. The van der Waals surface area contributed by atoms with Gasteiger partial charge >= 0.3 is 5.97 Å². The van der Waals surface area contributed by atoms with Crippen LogP contribution in [0.1, 0.15) is 17.3 Å². The lowest BCUT2D eigenvalue weighted by Gasteiger charge is -2.14. The maximum absolute atomic E-state index is 13.3. The Balaban J connectivity index is 1.24. The normalized spacial score (nSPS) is 11.9. The van der Waals surface area contributed by atoms with Gasteiger partial charge in [0.2, 0.25) is 5.89 Å². The number of carbonyl (C=O) groups excluding carboxylic acids is 2. The Morgan fingerprint density at radius 1 is 0.895 bits per heavy atom. The molecule has 1 N–H and O–H groups in total. The van der Waals surface area contributed by atoms with Crippen LogP contribution in [-0.4, -0.2) is 27.9 Å². The molecule has 0 spiro atoms. The fourth-order valence-corrected chi connectivity index (χ4v) is 4.96. The van der Waals surface area contributed by atoms with Crippen LogP contribution in [0.3, 0.4) is 0 Å². The highest BCUT2D eigenvalue weighted by Crippen LogP contribution is 2.33. The molecule has 0 aliphatic carbocycles. The summed E-state index contributed by atoms with van der Waals surface area (Å²) in [6, 6.07) is 28.2. The van der Waals surface area contributed by atoms with Gasteiger partial charge in [-0.3, -0.25) is 10.1 Å². The quantitative estimate of drug-likeness (QED) is 0.239. The van der Waals surface area contributed by atoms with Crippen LogP contribution < -0.4 is 5.32 Å². The largest absolute Gasteiger partial charge is 0.449 e. The number of nitrogens with zero attached hydrogens (tertiary/aromatic N) is 2. The molecule has 0 aliphatic heterocycles. The summed E-state index contributed by atoms with van der Waals surface area (Å²) in [4.78, 5) is 35.2. The van der Waals surface area contributed by atoms with Gasteiger partial charge < -0.3 is 9.15 Å². The van der Waals surface area contributed by atoms with E-state index in [9.17, 15) is 9.59 Å². The van der Waals surface area contributed by atoms with E-state index >= 15 is 0 Å². The number of fused-ring (bicyclic) bond motifs is 2. The van der Waals surface area contributed by atoms with Gasteiger partial charge in [-0.1, -0.05) is 66.7 Å². The molecule has 38 heavy (non-hydrogen) atoms. The first-order chi connectivity index (χ1) is 18.6. The Labute approximate surface area is 221 Å². The zero-order chi connectivity index (χ0) is 26.1. The number of carbonyl (C=O) groups is 2. The predicted molar refractivity (Wildman–Crippen MR) is 148 cm³/mol. The number of oxazole rings is 1. The fourth-order valence-electron chi connectivity index (χ4n) is 4.23. The lowest BCUT2D eigenvalue weighted by molar-refractivity contribution is -0.123. The van der Waals surface area contributed by atoms with E-state index in [1.54, 1.807) is 12.1 Å². The molecule has 6 aromatic rings. The standard InChI is InChI=1S/C30H21N3O4S/c1-18(27(34)33-30-32-24(17-38-30)19-9-3-2-4-10-19)36-29(35)22-14-8-12-20-11-7-13-21(26(20)22)28-31-23-15-5-6-16-25(23)37-28/h2-18H,1H3,(H,32,33,34). The minimum Gasteiger partial charge on any atom is -0.449 e. The van der Waals surface area contributed by atoms with Gasteiger partial charge in [-0.15, -0.1) is 11.3 Å². The molecule has 1 unspecified atom stereocenters. The van der Waals surface area contributed by atoms with Gasteiger partial charge in [0, 0.05) is 21.9 Å². The molecular formula is C30H21N3O4S. The maximum atomic E-state index is 13.3. The number of para-hydroxylation sites is 2. The van der Waals surface area contributed by atoms with E-state index in [0.717, 1.165) is 22.2 Å². The van der Waals surface area contributed by atoms with Crippen molar-refractivity contribution in [1.29, 1.82) is 0 Å². The number of benzene rings is 4. The van der Waals surface area contributed by atoms with Crippen LogP contribution in [0.4, 0.5) is 5.13 Å². The third-order valence-corrected chi connectivity index (χ3v) is 6.86. The van der Waals surface area contributed by atoms with Gasteiger partial charge in [-0.05, 0) is 36.6 Å². The van der Waals surface area contributed by atoms with Gasteiger partial charge in [-0.2, -0.15) is 0 Å². The summed E-state index contributed by atoms with van der Waals surface area (Å²) in [6.45, 7) is 1.53. The smallest absolute Gasteiger partial charge is 0.339 e. The summed E-state index contributed by atoms with van der Waals surface area (Å²) < 4.78 is 11.6. The molecule has 1 atom stereocenters. The molecule has 2 aromatic heterocycles. The second kappa shape index (κ2) is 9.91. The Morgan fingerprint density at radius 3 is 2.47 bits per heavy atom. The van der Waals surface area contributed by atoms with E-state index < -0.39 is 18.0 Å². The first-order valence-electron chi connectivity index (χ1n) is 12.0. The number of esters is 1. The molecule has 7 nitrogen and oxygen atoms in total. The van der Waals surface area contributed by atoms with Crippen molar-refractivity contribution in [2.24, 2.45) is 0 Å². The molecule has 0 aliphatic rings. The molecular weight excluding hydrogens is 498 g/mol. The average molecular weight is 520 g/mol. The third kappa shape index (κ3) is 4.53.